The highest BCUT2D eigenvalue weighted by Gasteiger charge is 2.22. The molecular formula is C12H22N2O4S. The Morgan fingerprint density at radius 2 is 2.32 bits per heavy atom. The second-order valence-electron chi connectivity index (χ2n) is 4.51. The Balaban J connectivity index is 2.27. The predicted octanol–water partition coefficient (Wildman–Crippen LogP) is 0.0296. The lowest BCUT2D eigenvalue weighted by molar-refractivity contribution is -0.140. The molecule has 1 saturated heterocycles. The van der Waals surface area contributed by atoms with Crippen molar-refractivity contribution in [3.63, 3.8) is 0 Å². The molecule has 0 bridgehead atoms. The molecule has 0 aromatic carbocycles. The van der Waals surface area contributed by atoms with Gasteiger partial charge in [-0.3, -0.25) is 9.69 Å². The molecule has 110 valence electrons. The lowest BCUT2D eigenvalue weighted by Gasteiger charge is -2.32. The molecule has 19 heavy (non-hydrogen) atoms. The molecule has 1 aliphatic rings. The minimum atomic E-state index is -0.998. The topological polar surface area (TPSA) is 78.9 Å². The maximum absolute atomic E-state index is 10.9. The maximum atomic E-state index is 10.9. The van der Waals surface area contributed by atoms with E-state index in [0.717, 1.165) is 32.0 Å². The van der Waals surface area contributed by atoms with Gasteiger partial charge in [0.2, 0.25) is 5.91 Å². The molecule has 6 nitrogen and oxygen atoms in total. The van der Waals surface area contributed by atoms with Crippen molar-refractivity contribution in [1.29, 1.82) is 0 Å². The Bertz CT molecular complexity index is 314. The number of nitrogens with one attached hydrogen (secondary N) is 1. The van der Waals surface area contributed by atoms with Gasteiger partial charge in [-0.2, -0.15) is 11.8 Å². The van der Waals surface area contributed by atoms with Gasteiger partial charge in [-0.25, -0.2) is 4.79 Å². The molecule has 0 saturated carbocycles. The zero-order valence-electron chi connectivity index (χ0n) is 11.4. The van der Waals surface area contributed by atoms with Crippen LogP contribution in [0.4, 0.5) is 0 Å². The Hall–Kier alpha value is -0.790. The van der Waals surface area contributed by atoms with E-state index < -0.39 is 12.0 Å². The van der Waals surface area contributed by atoms with Crippen LogP contribution < -0.4 is 5.32 Å². The fourth-order valence-electron chi connectivity index (χ4n) is 1.91. The lowest BCUT2D eigenvalue weighted by Crippen LogP contribution is -2.44. The number of aliphatic carboxylic acids is 1. The average Bonchev–Trinajstić information content (AvgIpc) is 2.37. The van der Waals surface area contributed by atoms with Gasteiger partial charge in [0.15, 0.2) is 0 Å². The third-order valence-corrected chi connectivity index (χ3v) is 4.11. The molecule has 1 amide bonds. The summed E-state index contributed by atoms with van der Waals surface area (Å²) in [5.41, 5.74) is 0. The predicted molar refractivity (Wildman–Crippen MR) is 74.4 cm³/mol. The lowest BCUT2D eigenvalue weighted by atomic mass is 10.3. The number of thioether (sulfide) groups is 1. The summed E-state index contributed by atoms with van der Waals surface area (Å²) in [6, 6.07) is -0.826. The summed E-state index contributed by atoms with van der Waals surface area (Å²) in [5, 5.41) is 11.4. The van der Waals surface area contributed by atoms with Crippen molar-refractivity contribution in [2.75, 3.05) is 37.7 Å². The minimum absolute atomic E-state index is 0.144. The van der Waals surface area contributed by atoms with E-state index in [9.17, 15) is 9.59 Å². The van der Waals surface area contributed by atoms with E-state index in [1.165, 1.54) is 18.7 Å². The van der Waals surface area contributed by atoms with Crippen LogP contribution in [-0.4, -0.2) is 71.8 Å². The van der Waals surface area contributed by atoms with Crippen LogP contribution in [0.5, 0.6) is 0 Å². The molecule has 2 atom stereocenters. The van der Waals surface area contributed by atoms with Gasteiger partial charge in [0.25, 0.3) is 0 Å². The molecule has 1 rings (SSSR count). The summed E-state index contributed by atoms with van der Waals surface area (Å²) in [5.74, 6) is -0.206. The van der Waals surface area contributed by atoms with E-state index in [1.807, 2.05) is 0 Å². The van der Waals surface area contributed by atoms with Gasteiger partial charge in [-0.15, -0.1) is 0 Å². The number of carboxylic acids is 1. The number of amides is 1. The number of carboxylic acid groups (broad SMARTS) is 1. The Morgan fingerprint density at radius 1 is 1.58 bits per heavy atom. The molecule has 0 radical (unpaired) electrons. The molecule has 0 spiro atoms. The number of carbonyl (C=O) groups excluding carboxylic acids is 1. The van der Waals surface area contributed by atoms with Crippen molar-refractivity contribution in [1.82, 2.24) is 10.2 Å². The molecular weight excluding hydrogens is 268 g/mol. The third kappa shape index (κ3) is 6.26. The number of likely N-dealkylation sites (N-methyl/N-ethyl adjacent to an activating group) is 1. The first-order valence-electron chi connectivity index (χ1n) is 6.44. The fraction of sp³-hybridized carbons (Fsp3) is 0.833. The standard InChI is InChI=1S/C12H22N2O4S/c1-3-14-4-5-18-10(6-14)7-19-8-11(12(16)17)13-9(2)15/h10-11H,3-8H2,1-2H3,(H,13,15)(H,16,17)/t10?,11-/m0/s1. The number of hydrogen-bond donors (Lipinski definition) is 2. The monoisotopic (exact) mass is 290 g/mol. The fourth-order valence-corrected chi connectivity index (χ4v) is 2.97. The zero-order valence-corrected chi connectivity index (χ0v) is 12.2. The first kappa shape index (κ1) is 16.3. The highest BCUT2D eigenvalue weighted by Crippen LogP contribution is 2.12. The van der Waals surface area contributed by atoms with Crippen LogP contribution in [0.15, 0.2) is 0 Å². The Kier molecular flexibility index (Phi) is 7.19. The van der Waals surface area contributed by atoms with Gasteiger partial charge in [0.05, 0.1) is 12.7 Å². The van der Waals surface area contributed by atoms with Crippen molar-refractivity contribution in [3.05, 3.63) is 0 Å². The summed E-state index contributed by atoms with van der Waals surface area (Å²) in [7, 11) is 0. The molecule has 2 N–H and O–H groups in total. The van der Waals surface area contributed by atoms with Crippen LogP contribution in [0.3, 0.4) is 0 Å². The SMILES string of the molecule is CCN1CCOC(CSC[C@H](NC(C)=O)C(=O)O)C1. The zero-order chi connectivity index (χ0) is 14.3. The van der Waals surface area contributed by atoms with Crippen molar-refractivity contribution >= 4 is 23.6 Å². The summed E-state index contributed by atoms with van der Waals surface area (Å²) >= 11 is 1.50. The van der Waals surface area contributed by atoms with Gasteiger partial charge in [0, 0.05) is 31.5 Å². The van der Waals surface area contributed by atoms with Crippen LogP contribution >= 0.6 is 11.8 Å². The van der Waals surface area contributed by atoms with Crippen molar-refractivity contribution < 1.29 is 19.4 Å². The van der Waals surface area contributed by atoms with Crippen LogP contribution in [0.1, 0.15) is 13.8 Å². The molecule has 1 aliphatic heterocycles. The van der Waals surface area contributed by atoms with E-state index in [1.54, 1.807) is 0 Å². The average molecular weight is 290 g/mol. The van der Waals surface area contributed by atoms with Gasteiger partial charge >= 0.3 is 5.97 Å². The van der Waals surface area contributed by atoms with Crippen LogP contribution in [0.25, 0.3) is 0 Å². The molecule has 7 heteroatoms. The van der Waals surface area contributed by atoms with Crippen molar-refractivity contribution in [2.45, 2.75) is 26.0 Å². The summed E-state index contributed by atoms with van der Waals surface area (Å²) in [6.45, 7) is 7.03. The van der Waals surface area contributed by atoms with Crippen molar-refractivity contribution in [2.24, 2.45) is 0 Å². The van der Waals surface area contributed by atoms with Gasteiger partial charge in [-0.1, -0.05) is 6.92 Å². The smallest absolute Gasteiger partial charge is 0.327 e. The second kappa shape index (κ2) is 8.39. The number of nitrogens with zero attached hydrogens (tertiary/aromatic N) is 1. The van der Waals surface area contributed by atoms with Crippen LogP contribution in [0.2, 0.25) is 0 Å². The largest absolute Gasteiger partial charge is 0.480 e. The van der Waals surface area contributed by atoms with Gasteiger partial charge < -0.3 is 15.2 Å². The molecule has 1 unspecified atom stereocenters. The first-order chi connectivity index (χ1) is 9.02. The highest BCUT2D eigenvalue weighted by atomic mass is 32.2. The van der Waals surface area contributed by atoms with E-state index in [4.69, 9.17) is 9.84 Å². The van der Waals surface area contributed by atoms with Gasteiger partial charge in [0.1, 0.15) is 6.04 Å². The second-order valence-corrected chi connectivity index (χ2v) is 5.59. The summed E-state index contributed by atoms with van der Waals surface area (Å²) in [6.07, 6.45) is 0.144. The first-order valence-corrected chi connectivity index (χ1v) is 7.60. The molecule has 1 fully saturated rings. The van der Waals surface area contributed by atoms with Crippen molar-refractivity contribution in [3.8, 4) is 0 Å². The number of morpholine rings is 1. The Labute approximate surface area is 117 Å². The molecule has 0 aromatic rings. The third-order valence-electron chi connectivity index (χ3n) is 2.93. The van der Waals surface area contributed by atoms with E-state index >= 15 is 0 Å². The normalized spacial score (nSPS) is 21.9. The van der Waals surface area contributed by atoms with Crippen LogP contribution in [0, 0.1) is 0 Å². The number of rotatable bonds is 7. The van der Waals surface area contributed by atoms with E-state index in [-0.39, 0.29) is 12.0 Å². The van der Waals surface area contributed by atoms with Crippen LogP contribution in [-0.2, 0) is 14.3 Å². The number of hydrogen-bond acceptors (Lipinski definition) is 5. The minimum Gasteiger partial charge on any atom is -0.480 e. The molecule has 0 aliphatic carbocycles. The molecule has 0 aromatic heterocycles. The van der Waals surface area contributed by atoms with E-state index in [2.05, 4.69) is 17.1 Å². The number of ether oxygens (including phenoxy) is 1. The summed E-state index contributed by atoms with van der Waals surface area (Å²) < 4.78 is 5.64. The highest BCUT2D eigenvalue weighted by molar-refractivity contribution is 7.99. The Morgan fingerprint density at radius 3 is 2.89 bits per heavy atom. The van der Waals surface area contributed by atoms with Gasteiger partial charge in [-0.05, 0) is 6.54 Å². The van der Waals surface area contributed by atoms with E-state index in [0.29, 0.717) is 5.75 Å². The summed E-state index contributed by atoms with van der Waals surface area (Å²) in [4.78, 5) is 24.2. The maximum Gasteiger partial charge on any atom is 0.327 e. The quantitative estimate of drug-likeness (QED) is 0.689. The molecule has 1 heterocycles. The number of carbonyl (C=O) groups is 2.